The molecular formula is C14H27N3. The molecule has 1 aromatic heterocycles. The van der Waals surface area contributed by atoms with E-state index in [0.717, 1.165) is 6.54 Å². The minimum absolute atomic E-state index is 0.439. The standard InChI is InChI=1S/C14H27N3/c1-5-7-8-12(3)14(15-10-6-2)13-9-11-16-17(13)4/h9,11-12,14-15H,5-8,10H2,1-4H3. The molecule has 1 rings (SSSR count). The van der Waals surface area contributed by atoms with Crippen LogP contribution in [0.2, 0.25) is 0 Å². The van der Waals surface area contributed by atoms with Crippen molar-refractivity contribution in [1.29, 1.82) is 0 Å². The van der Waals surface area contributed by atoms with Crippen LogP contribution in [-0.4, -0.2) is 16.3 Å². The molecule has 1 aromatic rings. The van der Waals surface area contributed by atoms with E-state index >= 15 is 0 Å². The van der Waals surface area contributed by atoms with Crippen molar-refractivity contribution in [2.75, 3.05) is 6.54 Å². The summed E-state index contributed by atoms with van der Waals surface area (Å²) in [5, 5.41) is 7.95. The molecule has 3 nitrogen and oxygen atoms in total. The molecule has 1 heterocycles. The van der Waals surface area contributed by atoms with E-state index in [-0.39, 0.29) is 0 Å². The van der Waals surface area contributed by atoms with Crippen LogP contribution in [-0.2, 0) is 7.05 Å². The second kappa shape index (κ2) is 7.49. The van der Waals surface area contributed by atoms with Crippen LogP contribution in [0.25, 0.3) is 0 Å². The van der Waals surface area contributed by atoms with Crippen molar-refractivity contribution in [2.24, 2.45) is 13.0 Å². The number of unbranched alkanes of at least 4 members (excludes halogenated alkanes) is 1. The largest absolute Gasteiger partial charge is 0.308 e. The molecule has 17 heavy (non-hydrogen) atoms. The fraction of sp³-hybridized carbons (Fsp3) is 0.786. The molecule has 0 spiro atoms. The van der Waals surface area contributed by atoms with Crippen LogP contribution >= 0.6 is 0 Å². The van der Waals surface area contributed by atoms with Crippen LogP contribution < -0.4 is 5.32 Å². The Morgan fingerprint density at radius 3 is 2.65 bits per heavy atom. The van der Waals surface area contributed by atoms with Gasteiger partial charge in [-0.3, -0.25) is 4.68 Å². The third-order valence-corrected chi connectivity index (χ3v) is 3.37. The number of aromatic nitrogens is 2. The van der Waals surface area contributed by atoms with Gasteiger partial charge in [-0.1, -0.05) is 33.6 Å². The molecule has 2 unspecified atom stereocenters. The Morgan fingerprint density at radius 1 is 1.35 bits per heavy atom. The molecule has 0 amide bonds. The molecule has 2 atom stereocenters. The first-order valence-electron chi connectivity index (χ1n) is 6.92. The SMILES string of the molecule is CCCCC(C)C(NCCC)c1ccnn1C. The summed E-state index contributed by atoms with van der Waals surface area (Å²) in [5.74, 6) is 0.664. The number of nitrogens with zero attached hydrogens (tertiary/aromatic N) is 2. The highest BCUT2D eigenvalue weighted by Crippen LogP contribution is 2.25. The molecule has 0 saturated carbocycles. The normalized spacial score (nSPS) is 14.8. The Bertz CT molecular complexity index is 306. The van der Waals surface area contributed by atoms with Crippen molar-refractivity contribution in [3.63, 3.8) is 0 Å². The van der Waals surface area contributed by atoms with Crippen LogP contribution in [0.3, 0.4) is 0 Å². The van der Waals surface area contributed by atoms with E-state index in [1.54, 1.807) is 0 Å². The lowest BCUT2D eigenvalue weighted by Crippen LogP contribution is -2.29. The van der Waals surface area contributed by atoms with E-state index < -0.39 is 0 Å². The Labute approximate surface area is 106 Å². The van der Waals surface area contributed by atoms with Crippen molar-refractivity contribution >= 4 is 0 Å². The van der Waals surface area contributed by atoms with Gasteiger partial charge in [0.1, 0.15) is 0 Å². The molecule has 3 heteroatoms. The predicted octanol–water partition coefficient (Wildman–Crippen LogP) is 3.29. The molecular weight excluding hydrogens is 210 g/mol. The van der Waals surface area contributed by atoms with E-state index in [1.165, 1.54) is 31.4 Å². The van der Waals surface area contributed by atoms with Crippen LogP contribution in [0, 0.1) is 5.92 Å². The van der Waals surface area contributed by atoms with Crippen molar-refractivity contribution < 1.29 is 0 Å². The molecule has 0 bridgehead atoms. The fourth-order valence-corrected chi connectivity index (χ4v) is 2.28. The van der Waals surface area contributed by atoms with Crippen LogP contribution in [0.4, 0.5) is 0 Å². The topological polar surface area (TPSA) is 29.9 Å². The van der Waals surface area contributed by atoms with Gasteiger partial charge in [0.15, 0.2) is 0 Å². The number of aryl methyl sites for hydroxylation is 1. The third-order valence-electron chi connectivity index (χ3n) is 3.37. The number of rotatable bonds is 8. The lowest BCUT2D eigenvalue weighted by Gasteiger charge is -2.25. The summed E-state index contributed by atoms with van der Waals surface area (Å²) < 4.78 is 2.00. The van der Waals surface area contributed by atoms with Gasteiger partial charge >= 0.3 is 0 Å². The summed E-state index contributed by atoms with van der Waals surface area (Å²) in [5.41, 5.74) is 1.31. The van der Waals surface area contributed by atoms with Crippen LogP contribution in [0.5, 0.6) is 0 Å². The van der Waals surface area contributed by atoms with Gasteiger partial charge in [0.05, 0.1) is 11.7 Å². The van der Waals surface area contributed by atoms with E-state index in [9.17, 15) is 0 Å². The molecule has 0 aliphatic rings. The molecule has 0 saturated heterocycles. The van der Waals surface area contributed by atoms with Gasteiger partial charge in [-0.2, -0.15) is 5.10 Å². The quantitative estimate of drug-likeness (QED) is 0.752. The highest BCUT2D eigenvalue weighted by molar-refractivity contribution is 5.07. The molecule has 0 aliphatic heterocycles. The van der Waals surface area contributed by atoms with Crippen molar-refractivity contribution in [3.8, 4) is 0 Å². The molecule has 0 aliphatic carbocycles. The zero-order chi connectivity index (χ0) is 12.7. The van der Waals surface area contributed by atoms with Gasteiger partial charge in [0, 0.05) is 13.2 Å². The molecule has 0 fully saturated rings. The Morgan fingerprint density at radius 2 is 2.12 bits per heavy atom. The minimum Gasteiger partial charge on any atom is -0.308 e. The van der Waals surface area contributed by atoms with Gasteiger partial charge in [0.2, 0.25) is 0 Å². The van der Waals surface area contributed by atoms with Gasteiger partial charge in [-0.05, 0) is 31.4 Å². The molecule has 1 N–H and O–H groups in total. The average Bonchev–Trinajstić information content (AvgIpc) is 2.73. The van der Waals surface area contributed by atoms with Gasteiger partial charge < -0.3 is 5.32 Å². The summed E-state index contributed by atoms with van der Waals surface area (Å²) in [4.78, 5) is 0. The van der Waals surface area contributed by atoms with Crippen molar-refractivity contribution in [2.45, 2.75) is 52.5 Å². The van der Waals surface area contributed by atoms with E-state index in [2.05, 4.69) is 37.3 Å². The maximum absolute atomic E-state index is 4.28. The average molecular weight is 237 g/mol. The molecule has 0 radical (unpaired) electrons. The Balaban J connectivity index is 2.69. The summed E-state index contributed by atoms with van der Waals surface area (Å²) in [6.07, 6.45) is 6.93. The van der Waals surface area contributed by atoms with Crippen LogP contribution in [0.1, 0.15) is 58.2 Å². The first-order chi connectivity index (χ1) is 8.20. The van der Waals surface area contributed by atoms with Gasteiger partial charge in [-0.15, -0.1) is 0 Å². The zero-order valence-corrected chi connectivity index (χ0v) is 11.7. The zero-order valence-electron chi connectivity index (χ0n) is 11.7. The minimum atomic E-state index is 0.439. The van der Waals surface area contributed by atoms with Gasteiger partial charge in [-0.25, -0.2) is 0 Å². The second-order valence-electron chi connectivity index (χ2n) is 4.93. The maximum atomic E-state index is 4.28. The first-order valence-corrected chi connectivity index (χ1v) is 6.92. The smallest absolute Gasteiger partial charge is 0.0553 e. The maximum Gasteiger partial charge on any atom is 0.0553 e. The summed E-state index contributed by atoms with van der Waals surface area (Å²) in [6, 6.07) is 2.57. The first kappa shape index (κ1) is 14.2. The molecule has 98 valence electrons. The number of hydrogen-bond acceptors (Lipinski definition) is 2. The Kier molecular flexibility index (Phi) is 6.27. The van der Waals surface area contributed by atoms with Crippen molar-refractivity contribution in [1.82, 2.24) is 15.1 Å². The van der Waals surface area contributed by atoms with E-state index in [1.807, 2.05) is 17.9 Å². The highest BCUT2D eigenvalue weighted by atomic mass is 15.3. The number of nitrogens with one attached hydrogen (secondary N) is 1. The van der Waals surface area contributed by atoms with Gasteiger partial charge in [0.25, 0.3) is 0 Å². The van der Waals surface area contributed by atoms with Crippen molar-refractivity contribution in [3.05, 3.63) is 18.0 Å². The third kappa shape index (κ3) is 4.15. The summed E-state index contributed by atoms with van der Waals surface area (Å²) in [6.45, 7) is 7.89. The second-order valence-corrected chi connectivity index (χ2v) is 4.93. The lowest BCUT2D eigenvalue weighted by atomic mass is 9.93. The van der Waals surface area contributed by atoms with E-state index in [4.69, 9.17) is 0 Å². The predicted molar refractivity (Wildman–Crippen MR) is 72.9 cm³/mol. The molecule has 0 aromatic carbocycles. The monoisotopic (exact) mass is 237 g/mol. The van der Waals surface area contributed by atoms with Crippen LogP contribution in [0.15, 0.2) is 12.3 Å². The lowest BCUT2D eigenvalue weighted by molar-refractivity contribution is 0.342. The number of hydrogen-bond donors (Lipinski definition) is 1. The summed E-state index contributed by atoms with van der Waals surface area (Å²) in [7, 11) is 2.03. The fourth-order valence-electron chi connectivity index (χ4n) is 2.28. The highest BCUT2D eigenvalue weighted by Gasteiger charge is 2.20. The van der Waals surface area contributed by atoms with E-state index in [0.29, 0.717) is 12.0 Å². The summed E-state index contributed by atoms with van der Waals surface area (Å²) >= 11 is 0. The Hall–Kier alpha value is -0.830.